The van der Waals surface area contributed by atoms with Gasteiger partial charge >= 0.3 is 0 Å². The van der Waals surface area contributed by atoms with Gasteiger partial charge in [-0.1, -0.05) is 5.92 Å². The van der Waals surface area contributed by atoms with E-state index in [0.29, 0.717) is 30.7 Å². The summed E-state index contributed by atoms with van der Waals surface area (Å²) in [6, 6.07) is 7.31. The molecule has 2 aromatic rings. The van der Waals surface area contributed by atoms with Crippen molar-refractivity contribution in [2.45, 2.75) is 30.1 Å². The molecule has 2 aliphatic rings. The van der Waals surface area contributed by atoms with Crippen LogP contribution < -0.4 is 15.8 Å². The van der Waals surface area contributed by atoms with Crippen molar-refractivity contribution in [3.05, 3.63) is 53.6 Å². The summed E-state index contributed by atoms with van der Waals surface area (Å²) in [5.74, 6) is 5.76. The first-order valence-electron chi connectivity index (χ1n) is 10.3. The number of carbonyl (C=O) groups is 1. The van der Waals surface area contributed by atoms with Crippen molar-refractivity contribution >= 4 is 33.1 Å². The standard InChI is InChI=1S/C23H24FN5O3S/c1-4-12-32-16-8-10-19(26-14-16)21(30)27-15-7-9-18(24)17(13-15)23-11-5-6-20(23)33(3,31)29(2)22(25)28-23/h1,7-10,13-14,20H,3,5-6,11-12H2,2H3,(H2,25,28)(H,27,30)/t20?,23-,33?/m1/s1. The van der Waals surface area contributed by atoms with Gasteiger partial charge < -0.3 is 15.8 Å². The van der Waals surface area contributed by atoms with Crippen LogP contribution in [0.3, 0.4) is 0 Å². The van der Waals surface area contributed by atoms with Crippen molar-refractivity contribution in [1.29, 1.82) is 0 Å². The van der Waals surface area contributed by atoms with Crippen LogP contribution in [0, 0.1) is 18.2 Å². The van der Waals surface area contributed by atoms with E-state index in [1.54, 1.807) is 13.1 Å². The molecule has 1 saturated carbocycles. The minimum atomic E-state index is -2.81. The fourth-order valence-electron chi connectivity index (χ4n) is 4.42. The number of aliphatic imine (C=N–C) groups is 1. The fourth-order valence-corrected chi connectivity index (χ4v) is 6.60. The first-order chi connectivity index (χ1) is 15.7. The van der Waals surface area contributed by atoms with Gasteiger partial charge in [-0.15, -0.1) is 6.42 Å². The molecule has 1 aliphatic carbocycles. The number of benzene rings is 1. The number of amides is 1. The monoisotopic (exact) mass is 469 g/mol. The number of hydrogen-bond acceptors (Lipinski definition) is 6. The lowest BCUT2D eigenvalue weighted by Crippen LogP contribution is -2.55. The van der Waals surface area contributed by atoms with Gasteiger partial charge in [-0.3, -0.25) is 9.10 Å². The Balaban J connectivity index is 1.65. The van der Waals surface area contributed by atoms with Crippen molar-refractivity contribution < 1.29 is 18.1 Å². The van der Waals surface area contributed by atoms with Crippen LogP contribution >= 0.6 is 0 Å². The van der Waals surface area contributed by atoms with Crippen molar-refractivity contribution in [1.82, 2.24) is 9.29 Å². The molecule has 0 bridgehead atoms. The van der Waals surface area contributed by atoms with Crippen molar-refractivity contribution in [2.24, 2.45) is 10.7 Å². The molecule has 2 unspecified atom stereocenters. The minimum absolute atomic E-state index is 0.0540. The lowest BCUT2D eigenvalue weighted by Gasteiger charge is -2.42. The molecule has 2 heterocycles. The smallest absolute Gasteiger partial charge is 0.274 e. The van der Waals surface area contributed by atoms with Crippen LogP contribution in [0.15, 0.2) is 41.5 Å². The Morgan fingerprint density at radius 3 is 2.97 bits per heavy atom. The maximum Gasteiger partial charge on any atom is 0.274 e. The van der Waals surface area contributed by atoms with Crippen molar-refractivity contribution in [2.75, 3.05) is 19.0 Å². The predicted octanol–water partition coefficient (Wildman–Crippen LogP) is 2.12. The number of nitrogens with zero attached hydrogens (tertiary/aromatic N) is 3. The molecule has 1 fully saturated rings. The maximum atomic E-state index is 15.1. The number of nitrogens with one attached hydrogen (secondary N) is 1. The van der Waals surface area contributed by atoms with Gasteiger partial charge in [0.25, 0.3) is 5.91 Å². The van der Waals surface area contributed by atoms with Gasteiger partial charge in [-0.2, -0.15) is 0 Å². The van der Waals surface area contributed by atoms with Crippen LogP contribution in [0.4, 0.5) is 10.1 Å². The summed E-state index contributed by atoms with van der Waals surface area (Å²) in [4.78, 5) is 21.4. The number of guanidine groups is 1. The van der Waals surface area contributed by atoms with E-state index in [1.807, 2.05) is 0 Å². The van der Waals surface area contributed by atoms with Crippen LogP contribution in [-0.4, -0.2) is 50.1 Å². The Bertz CT molecular complexity index is 1270. The Hall–Kier alpha value is -3.58. The number of fused-ring (bicyclic) bond motifs is 1. The molecule has 1 aromatic carbocycles. The van der Waals surface area contributed by atoms with E-state index >= 15 is 4.39 Å². The van der Waals surface area contributed by atoms with Gasteiger partial charge in [-0.25, -0.2) is 18.6 Å². The SMILES string of the molecule is C#CCOc1ccc(C(=O)Nc2ccc(F)c([C@]34CCCC3S(=C)(=O)N(C)C(N)=N4)c2)nc1. The first-order valence-corrected chi connectivity index (χ1v) is 12.0. The van der Waals surface area contributed by atoms with Gasteiger partial charge in [-0.05, 0) is 55.5 Å². The van der Waals surface area contributed by atoms with Gasteiger partial charge in [0.2, 0.25) is 5.96 Å². The quantitative estimate of drug-likeness (QED) is 0.515. The normalized spacial score (nSPS) is 26.2. The highest BCUT2D eigenvalue weighted by molar-refractivity contribution is 7.99. The summed E-state index contributed by atoms with van der Waals surface area (Å²) >= 11 is 0. The van der Waals surface area contributed by atoms with E-state index in [1.165, 1.54) is 34.8 Å². The summed E-state index contributed by atoms with van der Waals surface area (Å²) in [6.07, 6.45) is 8.31. The molecule has 10 heteroatoms. The molecule has 4 rings (SSSR count). The van der Waals surface area contributed by atoms with Crippen LogP contribution in [0.5, 0.6) is 5.75 Å². The molecule has 8 nitrogen and oxygen atoms in total. The lowest BCUT2D eigenvalue weighted by molar-refractivity contribution is 0.102. The Morgan fingerprint density at radius 1 is 1.48 bits per heavy atom. The number of terminal acetylenes is 1. The van der Waals surface area contributed by atoms with Crippen molar-refractivity contribution in [3.8, 4) is 18.1 Å². The summed E-state index contributed by atoms with van der Waals surface area (Å²) in [6.45, 7) is 0.0940. The molecule has 0 saturated heterocycles. The molecule has 0 radical (unpaired) electrons. The van der Waals surface area contributed by atoms with E-state index in [9.17, 15) is 9.00 Å². The topological polar surface area (TPSA) is 110 Å². The summed E-state index contributed by atoms with van der Waals surface area (Å²) in [7, 11) is -1.23. The molecule has 1 aliphatic heterocycles. The number of carbonyl (C=O) groups excluding carboxylic acids is 1. The van der Waals surface area contributed by atoms with Gasteiger partial charge in [0.05, 0.1) is 21.2 Å². The predicted molar refractivity (Wildman–Crippen MR) is 127 cm³/mol. The third-order valence-corrected chi connectivity index (χ3v) is 8.71. The zero-order chi connectivity index (χ0) is 23.8. The number of halogens is 1. The van der Waals surface area contributed by atoms with Crippen LogP contribution in [0.25, 0.3) is 0 Å². The largest absolute Gasteiger partial charge is 0.479 e. The molecule has 1 aromatic heterocycles. The second kappa shape index (κ2) is 8.41. The molecule has 1 amide bonds. The van der Waals surface area contributed by atoms with Gasteiger partial charge in [0.1, 0.15) is 29.4 Å². The van der Waals surface area contributed by atoms with E-state index in [0.717, 1.165) is 0 Å². The molecule has 3 atom stereocenters. The average Bonchev–Trinajstić information content (AvgIpc) is 3.23. The van der Waals surface area contributed by atoms with Crippen LogP contribution in [0.1, 0.15) is 35.3 Å². The Morgan fingerprint density at radius 2 is 2.27 bits per heavy atom. The molecule has 0 spiro atoms. The fraction of sp³-hybridized carbons (Fsp3) is 0.304. The molecule has 172 valence electrons. The van der Waals surface area contributed by atoms with Crippen LogP contribution in [-0.2, 0) is 15.2 Å². The number of hydrogen-bond donors (Lipinski definition) is 2. The highest BCUT2D eigenvalue weighted by Gasteiger charge is 2.54. The highest BCUT2D eigenvalue weighted by Crippen LogP contribution is 2.49. The second-order valence-electron chi connectivity index (χ2n) is 7.98. The maximum absolute atomic E-state index is 15.1. The number of ether oxygens (including phenoxy) is 1. The Labute approximate surface area is 192 Å². The van der Waals surface area contributed by atoms with E-state index < -0.39 is 32.2 Å². The zero-order valence-electron chi connectivity index (χ0n) is 18.1. The Kier molecular flexibility index (Phi) is 5.76. The number of anilines is 1. The second-order valence-corrected chi connectivity index (χ2v) is 10.5. The van der Waals surface area contributed by atoms with Gasteiger partial charge in [0.15, 0.2) is 0 Å². The number of rotatable bonds is 5. The minimum Gasteiger partial charge on any atom is -0.479 e. The summed E-state index contributed by atoms with van der Waals surface area (Å²) in [5, 5.41) is 2.23. The zero-order valence-corrected chi connectivity index (χ0v) is 18.9. The van der Waals surface area contributed by atoms with Gasteiger partial charge in [0, 0.05) is 18.3 Å². The number of pyridine rings is 1. The highest BCUT2D eigenvalue weighted by atomic mass is 32.2. The lowest BCUT2D eigenvalue weighted by atomic mass is 9.87. The molecular formula is C23H24FN5O3S. The molecule has 3 N–H and O–H groups in total. The average molecular weight is 470 g/mol. The van der Waals surface area contributed by atoms with E-state index in [4.69, 9.17) is 16.9 Å². The molecule has 33 heavy (non-hydrogen) atoms. The van der Waals surface area contributed by atoms with Crippen LogP contribution in [0.2, 0.25) is 0 Å². The third-order valence-electron chi connectivity index (χ3n) is 6.08. The van der Waals surface area contributed by atoms with Crippen molar-refractivity contribution in [3.63, 3.8) is 0 Å². The third kappa shape index (κ3) is 3.89. The summed E-state index contributed by atoms with van der Waals surface area (Å²) in [5.41, 5.74) is 5.69. The number of nitrogens with two attached hydrogens (primary N) is 1. The first kappa shape index (κ1) is 22.6. The summed E-state index contributed by atoms with van der Waals surface area (Å²) < 4.78 is 35.1. The number of aromatic nitrogens is 1. The molecular weight excluding hydrogens is 445 g/mol. The van der Waals surface area contributed by atoms with E-state index in [2.05, 4.69) is 27.1 Å². The van der Waals surface area contributed by atoms with E-state index in [-0.39, 0.29) is 23.8 Å².